The summed E-state index contributed by atoms with van der Waals surface area (Å²) in [5.41, 5.74) is 1.10. The number of rotatable bonds is 5. The number of H-pyrrole nitrogens is 1. The molecule has 0 spiro atoms. The molecule has 8 heteroatoms. The molecule has 1 saturated heterocycles. The molecule has 24 heavy (non-hydrogen) atoms. The van der Waals surface area contributed by atoms with E-state index in [1.54, 1.807) is 23.6 Å². The van der Waals surface area contributed by atoms with Crippen LogP contribution < -0.4 is 5.32 Å². The van der Waals surface area contributed by atoms with Crippen LogP contribution in [0.15, 0.2) is 17.6 Å². The fourth-order valence-electron chi connectivity index (χ4n) is 2.74. The number of thiazole rings is 1. The third kappa shape index (κ3) is 3.34. The van der Waals surface area contributed by atoms with Crippen LogP contribution in [0, 0.1) is 12.3 Å². The molecule has 2 aromatic rings. The number of ether oxygens (including phenoxy) is 1. The van der Waals surface area contributed by atoms with Crippen LogP contribution in [-0.2, 0) is 9.53 Å². The molecular formula is C16H19N3O4S. The van der Waals surface area contributed by atoms with Gasteiger partial charge in [0, 0.05) is 36.9 Å². The van der Waals surface area contributed by atoms with Crippen molar-refractivity contribution >= 4 is 23.2 Å². The van der Waals surface area contributed by atoms with Gasteiger partial charge in [0.2, 0.25) is 0 Å². The van der Waals surface area contributed by atoms with E-state index in [2.05, 4.69) is 15.3 Å². The van der Waals surface area contributed by atoms with E-state index in [9.17, 15) is 14.7 Å². The topological polar surface area (TPSA) is 104 Å². The van der Waals surface area contributed by atoms with Gasteiger partial charge in [0.15, 0.2) is 0 Å². The van der Waals surface area contributed by atoms with Crippen molar-refractivity contribution in [2.75, 3.05) is 19.8 Å². The minimum Gasteiger partial charge on any atom is -0.481 e. The molecule has 0 atom stereocenters. The maximum absolute atomic E-state index is 12.3. The van der Waals surface area contributed by atoms with E-state index in [0.717, 1.165) is 16.3 Å². The van der Waals surface area contributed by atoms with Crippen molar-refractivity contribution in [3.8, 4) is 11.3 Å². The van der Waals surface area contributed by atoms with E-state index in [4.69, 9.17) is 4.74 Å². The molecule has 0 aliphatic carbocycles. The lowest BCUT2D eigenvalue weighted by Gasteiger charge is -2.33. The molecule has 3 N–H and O–H groups in total. The zero-order valence-corrected chi connectivity index (χ0v) is 14.1. The van der Waals surface area contributed by atoms with Gasteiger partial charge in [0.1, 0.15) is 5.69 Å². The highest BCUT2D eigenvalue weighted by atomic mass is 32.1. The molecule has 1 amide bonds. The first-order valence-electron chi connectivity index (χ1n) is 7.70. The van der Waals surface area contributed by atoms with Gasteiger partial charge >= 0.3 is 5.97 Å². The van der Waals surface area contributed by atoms with Gasteiger partial charge in [-0.1, -0.05) is 0 Å². The van der Waals surface area contributed by atoms with Crippen molar-refractivity contribution in [1.82, 2.24) is 15.3 Å². The van der Waals surface area contributed by atoms with Gasteiger partial charge in [0.25, 0.3) is 5.91 Å². The van der Waals surface area contributed by atoms with E-state index in [1.165, 1.54) is 0 Å². The van der Waals surface area contributed by atoms with Crippen LogP contribution in [0.4, 0.5) is 0 Å². The monoisotopic (exact) mass is 349 g/mol. The summed E-state index contributed by atoms with van der Waals surface area (Å²) in [5.74, 6) is -1.21. The highest BCUT2D eigenvalue weighted by Gasteiger charge is 2.40. The molecule has 3 heterocycles. The zero-order valence-electron chi connectivity index (χ0n) is 13.3. The molecule has 0 unspecified atom stereocenters. The van der Waals surface area contributed by atoms with Crippen molar-refractivity contribution in [2.45, 2.75) is 19.8 Å². The molecule has 128 valence electrons. The summed E-state index contributed by atoms with van der Waals surface area (Å²) < 4.78 is 5.23. The number of hydrogen-bond acceptors (Lipinski definition) is 5. The second-order valence-corrected chi connectivity index (χ2v) is 7.00. The minimum atomic E-state index is -0.949. The number of aliphatic carboxylic acids is 1. The molecule has 0 saturated carbocycles. The number of carbonyl (C=O) groups excluding carboxylic acids is 1. The molecule has 2 aromatic heterocycles. The van der Waals surface area contributed by atoms with Crippen LogP contribution in [0.3, 0.4) is 0 Å². The van der Waals surface area contributed by atoms with Crippen molar-refractivity contribution in [1.29, 1.82) is 0 Å². The normalized spacial score (nSPS) is 16.7. The SMILES string of the molecule is Cc1nc(-c2c[nH]c(C(=O)NCC3(C(=O)O)CCOCC3)c2)cs1. The van der Waals surface area contributed by atoms with Crippen LogP contribution in [0.5, 0.6) is 0 Å². The van der Waals surface area contributed by atoms with E-state index >= 15 is 0 Å². The molecule has 0 aromatic carbocycles. The van der Waals surface area contributed by atoms with Gasteiger partial charge in [-0.05, 0) is 25.8 Å². The third-order valence-corrected chi connectivity index (χ3v) is 5.11. The average molecular weight is 349 g/mol. The molecule has 7 nitrogen and oxygen atoms in total. The van der Waals surface area contributed by atoms with Gasteiger partial charge in [-0.15, -0.1) is 11.3 Å². The Balaban J connectivity index is 1.67. The first-order chi connectivity index (χ1) is 11.5. The minimum absolute atomic E-state index is 0.0920. The maximum atomic E-state index is 12.3. The molecule has 1 aliphatic heterocycles. The lowest BCUT2D eigenvalue weighted by molar-refractivity contribution is -0.154. The van der Waals surface area contributed by atoms with Crippen LogP contribution in [0.1, 0.15) is 28.3 Å². The van der Waals surface area contributed by atoms with Gasteiger partial charge in [-0.2, -0.15) is 0 Å². The standard InChI is InChI=1S/C16H19N3O4S/c1-10-19-13(8-24-10)11-6-12(17-7-11)14(20)18-9-16(15(21)22)2-4-23-5-3-16/h6-8,17H,2-5,9H2,1H3,(H,18,20)(H,21,22). The highest BCUT2D eigenvalue weighted by Crippen LogP contribution is 2.30. The van der Waals surface area contributed by atoms with Crippen LogP contribution in [0.25, 0.3) is 11.3 Å². The number of aryl methyl sites for hydroxylation is 1. The van der Waals surface area contributed by atoms with Crippen LogP contribution >= 0.6 is 11.3 Å². The predicted molar refractivity (Wildman–Crippen MR) is 89.1 cm³/mol. The maximum Gasteiger partial charge on any atom is 0.311 e. The highest BCUT2D eigenvalue weighted by molar-refractivity contribution is 7.09. The lowest BCUT2D eigenvalue weighted by atomic mass is 9.80. The van der Waals surface area contributed by atoms with Crippen molar-refractivity contribution < 1.29 is 19.4 Å². The Morgan fingerprint density at radius 2 is 2.21 bits per heavy atom. The van der Waals surface area contributed by atoms with E-state index in [1.807, 2.05) is 12.3 Å². The first-order valence-corrected chi connectivity index (χ1v) is 8.58. The van der Waals surface area contributed by atoms with Gasteiger partial charge in [-0.25, -0.2) is 4.98 Å². The third-order valence-electron chi connectivity index (χ3n) is 4.33. The molecule has 1 aliphatic rings. The Bertz CT molecular complexity index is 746. The number of carbonyl (C=O) groups is 2. The number of amides is 1. The Hall–Kier alpha value is -2.19. The van der Waals surface area contributed by atoms with E-state index in [0.29, 0.717) is 31.7 Å². The zero-order chi connectivity index (χ0) is 17.2. The predicted octanol–water partition coefficient (Wildman–Crippen LogP) is 2.06. The van der Waals surface area contributed by atoms with Gasteiger partial charge < -0.3 is 20.1 Å². The molecular weight excluding hydrogens is 330 g/mol. The lowest BCUT2D eigenvalue weighted by Crippen LogP contribution is -2.46. The largest absolute Gasteiger partial charge is 0.481 e. The van der Waals surface area contributed by atoms with E-state index < -0.39 is 11.4 Å². The number of carboxylic acid groups (broad SMARTS) is 1. The smallest absolute Gasteiger partial charge is 0.311 e. The summed E-state index contributed by atoms with van der Waals surface area (Å²) in [5, 5.41) is 15.1. The van der Waals surface area contributed by atoms with Crippen LogP contribution in [0.2, 0.25) is 0 Å². The Morgan fingerprint density at radius 3 is 2.83 bits per heavy atom. The number of aromatic amines is 1. The van der Waals surface area contributed by atoms with Crippen molar-refractivity contribution in [3.05, 3.63) is 28.3 Å². The van der Waals surface area contributed by atoms with Gasteiger partial charge in [0.05, 0.1) is 16.1 Å². The Kier molecular flexibility index (Phi) is 4.68. The number of carboxylic acids is 1. The fourth-order valence-corrected chi connectivity index (χ4v) is 3.36. The number of aromatic nitrogens is 2. The summed E-state index contributed by atoms with van der Waals surface area (Å²) >= 11 is 1.55. The second-order valence-electron chi connectivity index (χ2n) is 5.93. The summed E-state index contributed by atoms with van der Waals surface area (Å²) in [6.07, 6.45) is 2.53. The Morgan fingerprint density at radius 1 is 1.46 bits per heavy atom. The Labute approximate surface area is 143 Å². The summed E-state index contributed by atoms with van der Waals surface area (Å²) in [4.78, 5) is 31.2. The number of hydrogen-bond donors (Lipinski definition) is 3. The number of nitrogens with one attached hydrogen (secondary N) is 2. The van der Waals surface area contributed by atoms with Crippen molar-refractivity contribution in [2.24, 2.45) is 5.41 Å². The van der Waals surface area contributed by atoms with Gasteiger partial charge in [-0.3, -0.25) is 9.59 Å². The number of nitrogens with zero attached hydrogens (tertiary/aromatic N) is 1. The average Bonchev–Trinajstić information content (AvgIpc) is 3.22. The van der Waals surface area contributed by atoms with E-state index in [-0.39, 0.29) is 12.5 Å². The molecule has 0 radical (unpaired) electrons. The molecule has 1 fully saturated rings. The summed E-state index contributed by atoms with van der Waals surface area (Å²) in [6.45, 7) is 2.82. The first kappa shape index (κ1) is 16.7. The molecule has 0 bridgehead atoms. The summed E-state index contributed by atoms with van der Waals surface area (Å²) in [6, 6.07) is 1.72. The summed E-state index contributed by atoms with van der Waals surface area (Å²) in [7, 11) is 0. The van der Waals surface area contributed by atoms with Crippen molar-refractivity contribution in [3.63, 3.8) is 0 Å². The fraction of sp³-hybridized carbons (Fsp3) is 0.438. The second kappa shape index (κ2) is 6.74. The quantitative estimate of drug-likeness (QED) is 0.766. The van der Waals surface area contributed by atoms with Crippen LogP contribution in [-0.4, -0.2) is 46.7 Å². The molecule has 3 rings (SSSR count).